The zero-order valence-corrected chi connectivity index (χ0v) is 19.4. The number of likely N-dealkylation sites (tertiary alicyclic amines) is 1. The molecule has 0 spiro atoms. The summed E-state index contributed by atoms with van der Waals surface area (Å²) in [4.78, 5) is 14.9. The van der Waals surface area contributed by atoms with Crippen LogP contribution in [0.15, 0.2) is 58.2 Å². The molecular formula is C23H25ClN4O3S. The molecule has 1 aromatic heterocycles. The molecule has 4 rings (SSSR count). The topological polar surface area (TPSA) is 80.5 Å². The quantitative estimate of drug-likeness (QED) is 0.461. The second-order valence-electron chi connectivity index (χ2n) is 7.51. The van der Waals surface area contributed by atoms with Gasteiger partial charge in [0.1, 0.15) is 5.75 Å². The number of ether oxygens (including phenoxy) is 1. The molecule has 2 aromatic carbocycles. The maximum absolute atomic E-state index is 12.5. The van der Waals surface area contributed by atoms with Gasteiger partial charge >= 0.3 is 0 Å². The van der Waals surface area contributed by atoms with Crippen LogP contribution in [0.3, 0.4) is 0 Å². The van der Waals surface area contributed by atoms with E-state index in [-0.39, 0.29) is 17.7 Å². The molecule has 1 unspecified atom stereocenters. The monoisotopic (exact) mass is 472 g/mol. The molecule has 0 saturated carbocycles. The summed E-state index contributed by atoms with van der Waals surface area (Å²) < 4.78 is 11.0. The van der Waals surface area contributed by atoms with Crippen LogP contribution in [0.1, 0.15) is 24.4 Å². The highest BCUT2D eigenvalue weighted by molar-refractivity contribution is 7.99. The van der Waals surface area contributed by atoms with Crippen LogP contribution in [-0.2, 0) is 4.79 Å². The highest BCUT2D eigenvalue weighted by atomic mass is 35.5. The number of carbonyl (C=O) groups excluding carboxylic acids is 1. The van der Waals surface area contributed by atoms with Crippen LogP contribution < -0.4 is 10.1 Å². The van der Waals surface area contributed by atoms with Crippen molar-refractivity contribution in [3.05, 3.63) is 59.1 Å². The molecule has 0 radical (unpaired) electrons. The van der Waals surface area contributed by atoms with E-state index in [9.17, 15) is 4.79 Å². The van der Waals surface area contributed by atoms with Crippen molar-refractivity contribution in [1.82, 2.24) is 20.4 Å². The van der Waals surface area contributed by atoms with Crippen LogP contribution >= 0.6 is 23.4 Å². The minimum absolute atomic E-state index is 0.0756. The summed E-state index contributed by atoms with van der Waals surface area (Å²) in [6.07, 6.45) is 2.36. The summed E-state index contributed by atoms with van der Waals surface area (Å²) in [5.41, 5.74) is 1.92. The van der Waals surface area contributed by atoms with Gasteiger partial charge in [-0.3, -0.25) is 9.69 Å². The molecule has 2 heterocycles. The molecule has 1 amide bonds. The fourth-order valence-electron chi connectivity index (χ4n) is 3.73. The molecule has 3 aromatic rings. The molecule has 9 heteroatoms. The third kappa shape index (κ3) is 5.82. The smallest absolute Gasteiger partial charge is 0.277 e. The second-order valence-corrected chi connectivity index (χ2v) is 8.87. The van der Waals surface area contributed by atoms with Gasteiger partial charge in [0.15, 0.2) is 0 Å². The van der Waals surface area contributed by atoms with Crippen molar-refractivity contribution in [3.8, 4) is 17.2 Å². The van der Waals surface area contributed by atoms with Gasteiger partial charge in [-0.2, -0.15) is 0 Å². The Kier molecular flexibility index (Phi) is 7.68. The third-order valence-electron chi connectivity index (χ3n) is 5.38. The molecule has 0 aliphatic carbocycles. The molecule has 168 valence electrons. The van der Waals surface area contributed by atoms with E-state index in [1.165, 1.54) is 24.6 Å². The highest BCUT2D eigenvalue weighted by Crippen LogP contribution is 2.28. The lowest BCUT2D eigenvalue weighted by Gasteiger charge is -2.28. The van der Waals surface area contributed by atoms with Crippen molar-refractivity contribution in [2.75, 3.05) is 32.5 Å². The number of methoxy groups -OCH3 is 1. The van der Waals surface area contributed by atoms with Crippen LogP contribution in [-0.4, -0.2) is 53.5 Å². The molecule has 7 nitrogen and oxygen atoms in total. The van der Waals surface area contributed by atoms with E-state index >= 15 is 0 Å². The summed E-state index contributed by atoms with van der Waals surface area (Å²) >= 11 is 7.13. The zero-order valence-electron chi connectivity index (χ0n) is 17.8. The number of amides is 1. The van der Waals surface area contributed by atoms with Crippen molar-refractivity contribution >= 4 is 29.3 Å². The summed E-state index contributed by atoms with van der Waals surface area (Å²) in [6, 6.07) is 15.3. The fraction of sp³-hybridized carbons (Fsp3) is 0.348. The number of rotatable bonds is 9. The lowest BCUT2D eigenvalue weighted by Crippen LogP contribution is -2.37. The van der Waals surface area contributed by atoms with Gasteiger partial charge < -0.3 is 14.5 Å². The van der Waals surface area contributed by atoms with E-state index in [0.717, 1.165) is 30.0 Å². The molecule has 1 aliphatic heterocycles. The number of nitrogens with zero attached hydrogens (tertiary/aromatic N) is 3. The Morgan fingerprint density at radius 2 is 2.00 bits per heavy atom. The van der Waals surface area contributed by atoms with Gasteiger partial charge in [-0.25, -0.2) is 0 Å². The van der Waals surface area contributed by atoms with Crippen molar-refractivity contribution in [3.63, 3.8) is 0 Å². The van der Waals surface area contributed by atoms with Crippen molar-refractivity contribution in [2.24, 2.45) is 0 Å². The highest BCUT2D eigenvalue weighted by Gasteiger charge is 2.24. The van der Waals surface area contributed by atoms with E-state index in [0.29, 0.717) is 22.7 Å². The van der Waals surface area contributed by atoms with E-state index in [1.54, 1.807) is 19.2 Å². The average molecular weight is 473 g/mol. The Hall–Kier alpha value is -2.55. The first kappa shape index (κ1) is 22.6. The Morgan fingerprint density at radius 1 is 1.22 bits per heavy atom. The van der Waals surface area contributed by atoms with Crippen molar-refractivity contribution in [1.29, 1.82) is 0 Å². The van der Waals surface area contributed by atoms with E-state index in [2.05, 4.69) is 26.5 Å². The minimum atomic E-state index is -0.0756. The van der Waals surface area contributed by atoms with Crippen LogP contribution in [0.5, 0.6) is 5.75 Å². The first-order valence-electron chi connectivity index (χ1n) is 10.5. The Balaban J connectivity index is 1.33. The van der Waals surface area contributed by atoms with Crippen LogP contribution in [0, 0.1) is 0 Å². The summed E-state index contributed by atoms with van der Waals surface area (Å²) in [5, 5.41) is 12.1. The van der Waals surface area contributed by atoms with E-state index in [1.807, 2.05) is 30.3 Å². The summed E-state index contributed by atoms with van der Waals surface area (Å²) in [7, 11) is 1.67. The number of aromatic nitrogens is 2. The molecule has 0 bridgehead atoms. The molecule has 1 atom stereocenters. The minimum Gasteiger partial charge on any atom is -0.497 e. The number of halogens is 1. The van der Waals surface area contributed by atoms with Gasteiger partial charge in [-0.05, 0) is 67.9 Å². The lowest BCUT2D eigenvalue weighted by molar-refractivity contribution is -0.118. The van der Waals surface area contributed by atoms with E-state index < -0.39 is 0 Å². The SMILES string of the molecule is COc1cccc(C(CNC(=O)CSc2nnc(-c3ccc(Cl)cc3)o2)N2CCCC2)c1. The fourth-order valence-corrected chi connectivity index (χ4v) is 4.44. The average Bonchev–Trinajstić information content (AvgIpc) is 3.51. The van der Waals surface area contributed by atoms with Gasteiger partial charge in [-0.15, -0.1) is 10.2 Å². The molecule has 1 aliphatic rings. The Bertz CT molecular complexity index is 1040. The molecule has 1 N–H and O–H groups in total. The van der Waals surface area contributed by atoms with Gasteiger partial charge in [0.2, 0.25) is 11.8 Å². The number of carbonyl (C=O) groups is 1. The second kappa shape index (κ2) is 10.8. The van der Waals surface area contributed by atoms with Crippen molar-refractivity contribution in [2.45, 2.75) is 24.1 Å². The van der Waals surface area contributed by atoms with Crippen LogP contribution in [0.25, 0.3) is 11.5 Å². The molecule has 1 fully saturated rings. The molecular weight excluding hydrogens is 448 g/mol. The number of thioether (sulfide) groups is 1. The number of nitrogens with one attached hydrogen (secondary N) is 1. The lowest BCUT2D eigenvalue weighted by atomic mass is 10.0. The molecule has 1 saturated heterocycles. The third-order valence-corrected chi connectivity index (χ3v) is 6.45. The summed E-state index contributed by atoms with van der Waals surface area (Å²) in [6.45, 7) is 2.59. The van der Waals surface area contributed by atoms with Crippen LogP contribution in [0.2, 0.25) is 5.02 Å². The number of hydrogen-bond acceptors (Lipinski definition) is 7. The normalized spacial score (nSPS) is 14.9. The van der Waals surface area contributed by atoms with Crippen LogP contribution in [0.4, 0.5) is 0 Å². The van der Waals surface area contributed by atoms with Gasteiger partial charge in [-0.1, -0.05) is 35.5 Å². The predicted octanol–water partition coefficient (Wildman–Crippen LogP) is 4.44. The Morgan fingerprint density at radius 3 is 2.75 bits per heavy atom. The van der Waals surface area contributed by atoms with Gasteiger partial charge in [0.05, 0.1) is 18.9 Å². The predicted molar refractivity (Wildman–Crippen MR) is 125 cm³/mol. The van der Waals surface area contributed by atoms with Gasteiger partial charge in [0.25, 0.3) is 5.22 Å². The largest absolute Gasteiger partial charge is 0.497 e. The first-order valence-corrected chi connectivity index (χ1v) is 11.9. The maximum Gasteiger partial charge on any atom is 0.277 e. The Labute approximate surface area is 196 Å². The number of benzene rings is 2. The first-order chi connectivity index (χ1) is 15.6. The zero-order chi connectivity index (χ0) is 22.3. The summed E-state index contributed by atoms with van der Waals surface area (Å²) in [5.74, 6) is 1.35. The number of hydrogen-bond donors (Lipinski definition) is 1. The van der Waals surface area contributed by atoms with Gasteiger partial charge in [0, 0.05) is 17.1 Å². The maximum atomic E-state index is 12.5. The van der Waals surface area contributed by atoms with Crippen molar-refractivity contribution < 1.29 is 13.9 Å². The van der Waals surface area contributed by atoms with E-state index in [4.69, 9.17) is 20.8 Å². The molecule has 32 heavy (non-hydrogen) atoms. The standard InChI is InChI=1S/C23H25ClN4O3S/c1-30-19-6-4-5-17(13-19)20(28-11-2-3-12-28)14-25-21(29)15-32-23-27-26-22(31-23)16-7-9-18(24)10-8-16/h4-10,13,20H,2-3,11-12,14-15H2,1H3,(H,25,29).